The minimum atomic E-state index is -0.959. The molecule has 0 spiro atoms. The summed E-state index contributed by atoms with van der Waals surface area (Å²) >= 11 is 0. The molecule has 2 unspecified atom stereocenters. The van der Waals surface area contributed by atoms with Crippen molar-refractivity contribution in [3.8, 4) is 0 Å². The van der Waals surface area contributed by atoms with Crippen molar-refractivity contribution in [2.75, 3.05) is 13.2 Å². The molecule has 1 fully saturated rings. The maximum atomic E-state index is 11.6. The van der Waals surface area contributed by atoms with Gasteiger partial charge >= 0.3 is 0 Å². The highest BCUT2D eigenvalue weighted by atomic mass is 16.5. The molecule has 1 aliphatic heterocycles. The topological polar surface area (TPSA) is 87.2 Å². The summed E-state index contributed by atoms with van der Waals surface area (Å²) in [4.78, 5) is 11.6. The van der Waals surface area contributed by atoms with Crippen LogP contribution in [0.1, 0.15) is 23.7 Å². The Hall–Kier alpha value is -1.40. The van der Waals surface area contributed by atoms with Crippen LogP contribution < -0.4 is 5.32 Å². The summed E-state index contributed by atoms with van der Waals surface area (Å²) in [5.74, 6) is -0.249. The molecule has 3 N–H and O–H groups in total. The van der Waals surface area contributed by atoms with Crippen LogP contribution in [0.25, 0.3) is 0 Å². The summed E-state index contributed by atoms with van der Waals surface area (Å²) < 4.78 is 5.27. The summed E-state index contributed by atoms with van der Waals surface area (Å²) in [7, 11) is 0. The molecule has 6 nitrogen and oxygen atoms in total. The van der Waals surface area contributed by atoms with Gasteiger partial charge in [0.05, 0.1) is 17.9 Å². The molecule has 0 bridgehead atoms. The van der Waals surface area contributed by atoms with Gasteiger partial charge in [-0.1, -0.05) is 0 Å². The van der Waals surface area contributed by atoms with Crippen molar-refractivity contribution < 1.29 is 14.6 Å². The Morgan fingerprint density at radius 1 is 1.88 bits per heavy atom. The molecule has 1 saturated heterocycles. The number of H-pyrrole nitrogens is 1. The summed E-state index contributed by atoms with van der Waals surface area (Å²) in [5.41, 5.74) is -0.505. The third kappa shape index (κ3) is 2.07. The first-order valence-corrected chi connectivity index (χ1v) is 5.23. The van der Waals surface area contributed by atoms with Crippen molar-refractivity contribution in [1.82, 2.24) is 15.5 Å². The molecule has 0 radical (unpaired) electrons. The number of aliphatic hydroxyl groups is 1. The Bertz CT molecular complexity index is 365. The average Bonchev–Trinajstić information content (AvgIpc) is 2.87. The second kappa shape index (κ2) is 4.23. The number of amides is 1. The van der Waals surface area contributed by atoms with Crippen LogP contribution in [0.2, 0.25) is 0 Å². The van der Waals surface area contributed by atoms with Gasteiger partial charge in [0, 0.05) is 25.8 Å². The number of aromatic nitrogens is 2. The van der Waals surface area contributed by atoms with Crippen LogP contribution in [-0.2, 0) is 4.74 Å². The normalized spacial score (nSPS) is 29.2. The summed E-state index contributed by atoms with van der Waals surface area (Å²) in [6, 6.07) is 0. The van der Waals surface area contributed by atoms with Crippen molar-refractivity contribution in [2.24, 2.45) is 0 Å². The van der Waals surface area contributed by atoms with E-state index in [4.69, 9.17) is 4.74 Å². The smallest absolute Gasteiger partial charge is 0.254 e. The van der Waals surface area contributed by atoms with Crippen molar-refractivity contribution in [3.63, 3.8) is 0 Å². The Kier molecular flexibility index (Phi) is 2.93. The fourth-order valence-corrected chi connectivity index (χ4v) is 1.71. The number of nitrogens with one attached hydrogen (secondary N) is 2. The van der Waals surface area contributed by atoms with Crippen molar-refractivity contribution in [3.05, 3.63) is 18.0 Å². The number of ether oxygens (including phenoxy) is 1. The molecule has 0 saturated carbocycles. The van der Waals surface area contributed by atoms with E-state index >= 15 is 0 Å². The SMILES string of the molecule is CC1OCCC1(O)CNC(=O)c1cn[nH]c1. The zero-order valence-electron chi connectivity index (χ0n) is 9.06. The minimum Gasteiger partial charge on any atom is -0.385 e. The molecule has 88 valence electrons. The van der Waals surface area contributed by atoms with E-state index in [1.54, 1.807) is 6.92 Å². The lowest BCUT2D eigenvalue weighted by atomic mass is 9.97. The van der Waals surface area contributed by atoms with Gasteiger partial charge in [0.25, 0.3) is 5.91 Å². The average molecular weight is 225 g/mol. The number of aromatic amines is 1. The lowest BCUT2D eigenvalue weighted by Crippen LogP contribution is -2.47. The number of hydrogen-bond donors (Lipinski definition) is 3. The first kappa shape index (κ1) is 11.1. The van der Waals surface area contributed by atoms with Crippen molar-refractivity contribution >= 4 is 5.91 Å². The fraction of sp³-hybridized carbons (Fsp3) is 0.600. The van der Waals surface area contributed by atoms with Gasteiger partial charge in [0.15, 0.2) is 0 Å². The standard InChI is InChI=1S/C10H15N3O3/c1-7-10(15,2-3-16-7)6-11-9(14)8-4-12-13-5-8/h4-5,7,15H,2-3,6H2,1H3,(H,11,14)(H,12,13). The number of carbonyl (C=O) groups is 1. The molecule has 0 aliphatic carbocycles. The third-order valence-electron chi connectivity index (χ3n) is 2.98. The predicted molar refractivity (Wildman–Crippen MR) is 55.9 cm³/mol. The van der Waals surface area contributed by atoms with E-state index in [-0.39, 0.29) is 18.6 Å². The van der Waals surface area contributed by atoms with Gasteiger partial charge in [-0.25, -0.2) is 0 Å². The van der Waals surface area contributed by atoms with E-state index in [9.17, 15) is 9.90 Å². The van der Waals surface area contributed by atoms with Gasteiger partial charge in [-0.15, -0.1) is 0 Å². The molecule has 1 aromatic rings. The monoisotopic (exact) mass is 225 g/mol. The van der Waals surface area contributed by atoms with Gasteiger partial charge in [-0.2, -0.15) is 5.10 Å². The van der Waals surface area contributed by atoms with Crippen LogP contribution in [-0.4, -0.2) is 46.1 Å². The molecule has 2 rings (SSSR count). The Balaban J connectivity index is 1.90. The quantitative estimate of drug-likeness (QED) is 0.658. The largest absolute Gasteiger partial charge is 0.385 e. The van der Waals surface area contributed by atoms with Gasteiger partial charge in [0.2, 0.25) is 0 Å². The van der Waals surface area contributed by atoms with E-state index in [0.29, 0.717) is 18.6 Å². The molecule has 2 atom stereocenters. The molecule has 2 heterocycles. The van der Waals surface area contributed by atoms with Crippen LogP contribution in [0.3, 0.4) is 0 Å². The highest BCUT2D eigenvalue weighted by Gasteiger charge is 2.39. The van der Waals surface area contributed by atoms with E-state index in [0.717, 1.165) is 0 Å². The molecule has 0 aromatic carbocycles. The van der Waals surface area contributed by atoms with E-state index in [1.807, 2.05) is 0 Å². The predicted octanol–water partition coefficient (Wildman–Crippen LogP) is -0.321. The van der Waals surface area contributed by atoms with Crippen molar-refractivity contribution in [2.45, 2.75) is 25.0 Å². The van der Waals surface area contributed by atoms with Crippen LogP contribution >= 0.6 is 0 Å². The molecule has 6 heteroatoms. The van der Waals surface area contributed by atoms with Crippen LogP contribution in [0, 0.1) is 0 Å². The van der Waals surface area contributed by atoms with Crippen molar-refractivity contribution in [1.29, 1.82) is 0 Å². The van der Waals surface area contributed by atoms with E-state index in [1.165, 1.54) is 12.4 Å². The second-order valence-corrected chi connectivity index (χ2v) is 4.04. The summed E-state index contributed by atoms with van der Waals surface area (Å²) in [5, 5.41) is 19.1. The summed E-state index contributed by atoms with van der Waals surface area (Å²) in [6.45, 7) is 2.52. The Morgan fingerprint density at radius 3 is 3.25 bits per heavy atom. The second-order valence-electron chi connectivity index (χ2n) is 4.04. The first-order chi connectivity index (χ1) is 7.62. The van der Waals surface area contributed by atoms with Gasteiger partial charge in [0.1, 0.15) is 5.60 Å². The van der Waals surface area contributed by atoms with Crippen LogP contribution in [0.15, 0.2) is 12.4 Å². The number of carbonyl (C=O) groups excluding carboxylic acids is 1. The van der Waals surface area contributed by atoms with Crippen LogP contribution in [0.4, 0.5) is 0 Å². The van der Waals surface area contributed by atoms with Crippen LogP contribution in [0.5, 0.6) is 0 Å². The molecule has 1 amide bonds. The highest BCUT2D eigenvalue weighted by molar-refractivity contribution is 5.93. The Labute approximate surface area is 93.0 Å². The number of rotatable bonds is 3. The molecule has 16 heavy (non-hydrogen) atoms. The van der Waals surface area contributed by atoms with Gasteiger partial charge < -0.3 is 15.2 Å². The molecule has 1 aromatic heterocycles. The highest BCUT2D eigenvalue weighted by Crippen LogP contribution is 2.24. The number of hydrogen-bond acceptors (Lipinski definition) is 4. The Morgan fingerprint density at radius 2 is 2.69 bits per heavy atom. The lowest BCUT2D eigenvalue weighted by Gasteiger charge is -2.25. The van der Waals surface area contributed by atoms with Gasteiger partial charge in [-0.05, 0) is 6.92 Å². The maximum Gasteiger partial charge on any atom is 0.254 e. The fourth-order valence-electron chi connectivity index (χ4n) is 1.71. The molecular formula is C10H15N3O3. The molecule has 1 aliphatic rings. The maximum absolute atomic E-state index is 11.6. The van der Waals surface area contributed by atoms with Gasteiger partial charge in [-0.3, -0.25) is 9.89 Å². The third-order valence-corrected chi connectivity index (χ3v) is 2.98. The molecular weight excluding hydrogens is 210 g/mol. The first-order valence-electron chi connectivity index (χ1n) is 5.23. The van der Waals surface area contributed by atoms with E-state index < -0.39 is 5.60 Å². The number of nitrogens with zero attached hydrogens (tertiary/aromatic N) is 1. The zero-order chi connectivity index (χ0) is 11.6. The van der Waals surface area contributed by atoms with E-state index in [2.05, 4.69) is 15.5 Å². The minimum absolute atomic E-state index is 0.193. The zero-order valence-corrected chi connectivity index (χ0v) is 9.06. The summed E-state index contributed by atoms with van der Waals surface area (Å²) in [6.07, 6.45) is 3.24. The lowest BCUT2D eigenvalue weighted by molar-refractivity contribution is -0.0251.